The van der Waals surface area contributed by atoms with Crippen molar-refractivity contribution in [3.05, 3.63) is 0 Å². The summed E-state index contributed by atoms with van der Waals surface area (Å²) in [6.45, 7) is 0. The molecule has 10 heavy (non-hydrogen) atoms. The summed E-state index contributed by atoms with van der Waals surface area (Å²) in [6, 6.07) is 0. The standard InChI is InChI=1S/7Ga.3Mn.21H. The fourth-order valence-electron chi connectivity index (χ4n) is 0. The van der Waals surface area contributed by atoms with E-state index in [1.165, 1.54) is 0 Å². The Morgan fingerprint density at radius 2 is 0.200 bits per heavy atom. The predicted octanol–water partition coefficient (Wildman–Crippen LogP) is -8.29. The average molecular weight is 674 g/mol. The van der Waals surface area contributed by atoms with Crippen LogP contribution in [0.1, 0.15) is 0 Å². The molecule has 0 fully saturated rings. The van der Waals surface area contributed by atoms with Crippen molar-refractivity contribution in [2.45, 2.75) is 0 Å². The van der Waals surface area contributed by atoms with Crippen molar-refractivity contribution in [1.82, 2.24) is 0 Å². The summed E-state index contributed by atoms with van der Waals surface area (Å²) in [5, 5.41) is 0. The van der Waals surface area contributed by atoms with Crippen LogP contribution < -0.4 is 0 Å². The molecule has 0 bridgehead atoms. The molecule has 0 atom stereocenters. The normalized spacial score (nSPS) is 0. The third kappa shape index (κ3) is 65.6. The van der Waals surface area contributed by atoms with Gasteiger partial charge in [0, 0.05) is 51.2 Å². The van der Waals surface area contributed by atoms with Crippen molar-refractivity contribution in [3.63, 3.8) is 0 Å². The molecule has 0 spiro atoms. The minimum atomic E-state index is 0. The molecule has 0 amide bonds. The van der Waals surface area contributed by atoms with Gasteiger partial charge in [0.15, 0.2) is 0 Å². The Bertz CT molecular complexity index is 8.81. The molecule has 0 saturated heterocycles. The SMILES string of the molecule is [GaH3].[GaH3].[GaH3].[GaH3].[GaH3].[GaH3].[GaH3].[Mn].[Mn].[Mn]. The van der Waals surface area contributed by atoms with Gasteiger partial charge in [-0.25, -0.2) is 0 Å². The molecule has 0 aromatic carbocycles. The van der Waals surface area contributed by atoms with Crippen LogP contribution in [0.2, 0.25) is 0 Å². The molecular formula is H21Ga7Mn3. The molecule has 0 N–H and O–H groups in total. The maximum absolute atomic E-state index is 0. The van der Waals surface area contributed by atoms with Crippen molar-refractivity contribution < 1.29 is 51.2 Å². The molecule has 0 aliphatic rings. The van der Waals surface area contributed by atoms with Gasteiger partial charge in [-0.2, -0.15) is 0 Å². The Morgan fingerprint density at radius 3 is 0.200 bits per heavy atom. The Hall–Kier alpha value is 6.01. The van der Waals surface area contributed by atoms with E-state index in [4.69, 9.17) is 0 Å². The third-order valence-corrected chi connectivity index (χ3v) is 0. The topological polar surface area (TPSA) is 0 Å². The maximum Gasteiger partial charge on any atom is 0 e. The minimum absolute atomic E-state index is 0. The quantitative estimate of drug-likeness (QED) is 0.225. The average Bonchev–Trinajstić information content (AvgIpc) is 0. The number of hydrogen-bond acceptors (Lipinski definition) is 0. The first-order valence-electron chi connectivity index (χ1n) is 0. The molecule has 63 valence electrons. The van der Waals surface area contributed by atoms with Crippen LogP contribution >= 0.6 is 0 Å². The zero-order valence-electron chi connectivity index (χ0n) is 1.13. The van der Waals surface area contributed by atoms with Gasteiger partial charge in [0.1, 0.15) is 0 Å². The summed E-state index contributed by atoms with van der Waals surface area (Å²) < 4.78 is 0. The Balaban J connectivity index is 0. The first-order valence-corrected chi connectivity index (χ1v) is 0. The molecule has 0 nitrogen and oxygen atoms in total. The minimum Gasteiger partial charge on any atom is 0 e. The second kappa shape index (κ2) is 81.5. The summed E-state index contributed by atoms with van der Waals surface area (Å²) in [5.41, 5.74) is 0. The molecule has 3 radical (unpaired) electrons. The van der Waals surface area contributed by atoms with Gasteiger partial charge < -0.3 is 0 Å². The molecule has 0 rings (SSSR count). The van der Waals surface area contributed by atoms with Crippen LogP contribution in [0.3, 0.4) is 0 Å². The molecule has 0 aliphatic heterocycles. The van der Waals surface area contributed by atoms with Crippen LogP contribution in [0.15, 0.2) is 0 Å². The van der Waals surface area contributed by atoms with Gasteiger partial charge in [-0.1, -0.05) is 0 Å². The van der Waals surface area contributed by atoms with E-state index in [1.807, 2.05) is 0 Å². The summed E-state index contributed by atoms with van der Waals surface area (Å²) in [7, 11) is 0. The van der Waals surface area contributed by atoms with Gasteiger partial charge in [-0.05, 0) is 0 Å². The van der Waals surface area contributed by atoms with Gasteiger partial charge in [-0.15, -0.1) is 0 Å². The summed E-state index contributed by atoms with van der Waals surface area (Å²) >= 11 is 0. The molecule has 0 aromatic rings. The molecule has 0 unspecified atom stereocenters. The Morgan fingerprint density at radius 1 is 0.200 bits per heavy atom. The summed E-state index contributed by atoms with van der Waals surface area (Å²) in [5.74, 6) is 0. The van der Waals surface area contributed by atoms with E-state index in [1.54, 1.807) is 0 Å². The first-order chi connectivity index (χ1) is 0. The summed E-state index contributed by atoms with van der Waals surface area (Å²) in [4.78, 5) is 0. The van der Waals surface area contributed by atoms with E-state index in [-0.39, 0.29) is 190 Å². The molecule has 0 aliphatic carbocycles. The Kier molecular flexibility index (Phi) is 814. The van der Waals surface area contributed by atoms with Crippen molar-refractivity contribution in [2.24, 2.45) is 0 Å². The fraction of sp³-hybridized carbons (Fsp3) is 0. The van der Waals surface area contributed by atoms with E-state index >= 15 is 0 Å². The van der Waals surface area contributed by atoms with E-state index in [0.717, 1.165) is 0 Å². The van der Waals surface area contributed by atoms with Gasteiger partial charge >= 0.3 is 139 Å². The van der Waals surface area contributed by atoms with E-state index in [9.17, 15) is 0 Å². The van der Waals surface area contributed by atoms with Crippen LogP contribution in [0, 0.1) is 0 Å². The second-order valence-electron chi connectivity index (χ2n) is 0. The first kappa shape index (κ1) is 99.8. The van der Waals surface area contributed by atoms with Gasteiger partial charge in [0.05, 0.1) is 0 Å². The Labute approximate surface area is 185 Å². The number of hydrogen-bond donors (Lipinski definition) is 0. The zero-order valence-corrected chi connectivity index (χ0v) is 4.68. The second-order valence-corrected chi connectivity index (χ2v) is 0. The van der Waals surface area contributed by atoms with Crippen LogP contribution in [-0.4, -0.2) is 139 Å². The van der Waals surface area contributed by atoms with E-state index < -0.39 is 0 Å². The molecule has 0 aromatic heterocycles. The van der Waals surface area contributed by atoms with Gasteiger partial charge in [0.25, 0.3) is 0 Å². The van der Waals surface area contributed by atoms with Gasteiger partial charge in [-0.3, -0.25) is 0 Å². The van der Waals surface area contributed by atoms with Crippen molar-refractivity contribution in [1.29, 1.82) is 0 Å². The van der Waals surface area contributed by atoms with Crippen LogP contribution in [0.25, 0.3) is 0 Å². The van der Waals surface area contributed by atoms with Crippen LogP contribution in [0.4, 0.5) is 0 Å². The zero-order chi connectivity index (χ0) is 0. The van der Waals surface area contributed by atoms with Crippen molar-refractivity contribution in [3.8, 4) is 0 Å². The van der Waals surface area contributed by atoms with Gasteiger partial charge in [0.2, 0.25) is 0 Å². The van der Waals surface area contributed by atoms with E-state index in [2.05, 4.69) is 0 Å². The third-order valence-electron chi connectivity index (χ3n) is 0. The smallest absolute Gasteiger partial charge is 0 e. The van der Waals surface area contributed by atoms with Crippen molar-refractivity contribution in [2.75, 3.05) is 0 Å². The molecule has 10 heteroatoms. The number of rotatable bonds is 0. The largest absolute Gasteiger partial charge is 0 e. The predicted molar refractivity (Wildman–Crippen MR) is 69.6 cm³/mol. The fourth-order valence-corrected chi connectivity index (χ4v) is 0. The molecule has 0 heterocycles. The molecule has 0 saturated carbocycles. The molecular weight excluding hydrogens is 653 g/mol. The summed E-state index contributed by atoms with van der Waals surface area (Å²) in [6.07, 6.45) is 0. The van der Waals surface area contributed by atoms with E-state index in [0.29, 0.717) is 0 Å². The van der Waals surface area contributed by atoms with Crippen LogP contribution in [-0.2, 0) is 51.2 Å². The van der Waals surface area contributed by atoms with Crippen LogP contribution in [0.5, 0.6) is 0 Å². The monoisotopic (exact) mass is 668 g/mol. The maximum atomic E-state index is 0. The van der Waals surface area contributed by atoms with Crippen molar-refractivity contribution >= 4 is 139 Å².